The quantitative estimate of drug-likeness (QED) is 0.831. The Balaban J connectivity index is 2.29. The normalized spacial score (nSPS) is 12.1. The zero-order chi connectivity index (χ0) is 15.1. The Morgan fingerprint density at radius 2 is 1.95 bits per heavy atom. The van der Waals surface area contributed by atoms with E-state index in [9.17, 15) is 0 Å². The lowest BCUT2D eigenvalue weighted by atomic mass is 9.99. The fourth-order valence-electron chi connectivity index (χ4n) is 2.24. The third kappa shape index (κ3) is 4.19. The van der Waals surface area contributed by atoms with Crippen molar-refractivity contribution in [3.05, 3.63) is 58.9 Å². The molecule has 21 heavy (non-hydrogen) atoms. The molecule has 0 aliphatic heterocycles. The van der Waals surface area contributed by atoms with Gasteiger partial charge in [-0.15, -0.1) is 0 Å². The number of ether oxygens (including phenoxy) is 1. The summed E-state index contributed by atoms with van der Waals surface area (Å²) in [5.74, 6) is 0.885. The van der Waals surface area contributed by atoms with Crippen molar-refractivity contribution in [2.75, 3.05) is 13.2 Å². The van der Waals surface area contributed by atoms with Gasteiger partial charge in [-0.3, -0.25) is 4.98 Å². The van der Waals surface area contributed by atoms with Crippen molar-refractivity contribution in [2.45, 2.75) is 26.3 Å². The lowest BCUT2D eigenvalue weighted by molar-refractivity contribution is 0.340. The Bertz CT molecular complexity index is 557. The summed E-state index contributed by atoms with van der Waals surface area (Å²) in [6.07, 6.45) is 4.53. The van der Waals surface area contributed by atoms with E-state index in [0.717, 1.165) is 24.3 Å². The maximum atomic E-state index is 6.30. The fraction of sp³-hybridized carbons (Fsp3) is 0.353. The van der Waals surface area contributed by atoms with Gasteiger partial charge in [0.05, 0.1) is 17.7 Å². The molecule has 0 fully saturated rings. The van der Waals surface area contributed by atoms with Gasteiger partial charge in [0.1, 0.15) is 5.75 Å². The molecule has 2 rings (SSSR count). The van der Waals surface area contributed by atoms with Gasteiger partial charge >= 0.3 is 0 Å². The molecule has 0 amide bonds. The van der Waals surface area contributed by atoms with Crippen LogP contribution in [-0.4, -0.2) is 18.1 Å². The van der Waals surface area contributed by atoms with Gasteiger partial charge in [0.2, 0.25) is 0 Å². The highest BCUT2D eigenvalue weighted by molar-refractivity contribution is 6.31. The predicted octanol–water partition coefficient (Wildman–Crippen LogP) is 4.22. The Hall–Kier alpha value is -1.58. The first-order valence-electron chi connectivity index (χ1n) is 7.31. The van der Waals surface area contributed by atoms with Crippen LogP contribution in [-0.2, 0) is 0 Å². The minimum atomic E-state index is 0.0659. The summed E-state index contributed by atoms with van der Waals surface area (Å²) < 4.78 is 5.49. The zero-order valence-corrected chi connectivity index (χ0v) is 13.2. The van der Waals surface area contributed by atoms with Crippen LogP contribution in [0.4, 0.5) is 0 Å². The molecule has 0 spiro atoms. The predicted molar refractivity (Wildman–Crippen MR) is 87.0 cm³/mol. The molecule has 4 heteroatoms. The Morgan fingerprint density at radius 1 is 1.19 bits per heavy atom. The van der Waals surface area contributed by atoms with Gasteiger partial charge in [-0.25, -0.2) is 0 Å². The van der Waals surface area contributed by atoms with Crippen LogP contribution in [0.5, 0.6) is 5.75 Å². The lowest BCUT2D eigenvalue weighted by Crippen LogP contribution is -2.23. The van der Waals surface area contributed by atoms with Crippen molar-refractivity contribution < 1.29 is 4.74 Å². The largest absolute Gasteiger partial charge is 0.494 e. The summed E-state index contributed by atoms with van der Waals surface area (Å²) >= 11 is 6.30. The van der Waals surface area contributed by atoms with Crippen LogP contribution < -0.4 is 10.1 Å². The topological polar surface area (TPSA) is 34.1 Å². The summed E-state index contributed by atoms with van der Waals surface area (Å²) in [4.78, 5) is 4.06. The number of aromatic nitrogens is 1. The second-order valence-corrected chi connectivity index (χ2v) is 5.19. The summed E-state index contributed by atoms with van der Waals surface area (Å²) in [5.41, 5.74) is 2.21. The molecule has 0 saturated carbocycles. The molecule has 0 bridgehead atoms. The van der Waals surface area contributed by atoms with Gasteiger partial charge in [-0.1, -0.05) is 30.7 Å². The maximum absolute atomic E-state index is 6.30. The van der Waals surface area contributed by atoms with Crippen molar-refractivity contribution in [1.82, 2.24) is 10.3 Å². The van der Waals surface area contributed by atoms with E-state index < -0.39 is 0 Å². The highest BCUT2D eigenvalue weighted by Crippen LogP contribution is 2.28. The number of pyridine rings is 1. The van der Waals surface area contributed by atoms with E-state index in [4.69, 9.17) is 16.3 Å². The van der Waals surface area contributed by atoms with Crippen molar-refractivity contribution in [2.24, 2.45) is 0 Å². The number of nitrogens with one attached hydrogen (secondary N) is 1. The molecule has 2 aromatic rings. The zero-order valence-electron chi connectivity index (χ0n) is 12.5. The minimum Gasteiger partial charge on any atom is -0.494 e. The second kappa shape index (κ2) is 8.01. The molecule has 1 heterocycles. The lowest BCUT2D eigenvalue weighted by Gasteiger charge is -2.20. The minimum absolute atomic E-state index is 0.0659. The highest BCUT2D eigenvalue weighted by atomic mass is 35.5. The van der Waals surface area contributed by atoms with Crippen LogP contribution in [0, 0.1) is 0 Å². The van der Waals surface area contributed by atoms with E-state index in [1.807, 2.05) is 25.1 Å². The maximum Gasteiger partial charge on any atom is 0.119 e. The number of hydrogen-bond donors (Lipinski definition) is 1. The summed E-state index contributed by atoms with van der Waals surface area (Å²) in [5, 5.41) is 4.22. The summed E-state index contributed by atoms with van der Waals surface area (Å²) in [6, 6.07) is 10.2. The van der Waals surface area contributed by atoms with Crippen LogP contribution in [0.25, 0.3) is 0 Å². The Kier molecular flexibility index (Phi) is 6.03. The molecular formula is C17H21ClN2O. The standard InChI is InChI=1S/C17H21ClN2O/c1-3-10-20-17(15-9-11-19-12-16(15)18)13-5-7-14(8-6-13)21-4-2/h5-9,11-12,17,20H,3-4,10H2,1-2H3. The first-order chi connectivity index (χ1) is 10.3. The van der Waals surface area contributed by atoms with Crippen LogP contribution in [0.2, 0.25) is 5.02 Å². The van der Waals surface area contributed by atoms with E-state index in [0.29, 0.717) is 11.6 Å². The first kappa shape index (κ1) is 15.8. The Morgan fingerprint density at radius 3 is 2.57 bits per heavy atom. The average Bonchev–Trinajstić information content (AvgIpc) is 2.51. The molecule has 0 aliphatic rings. The van der Waals surface area contributed by atoms with Crippen LogP contribution in [0.1, 0.15) is 37.4 Å². The molecule has 1 N–H and O–H groups in total. The van der Waals surface area contributed by atoms with Gasteiger partial charge in [0.15, 0.2) is 0 Å². The first-order valence-corrected chi connectivity index (χ1v) is 7.69. The molecule has 0 aliphatic carbocycles. The van der Waals surface area contributed by atoms with Crippen LogP contribution >= 0.6 is 11.6 Å². The fourth-order valence-corrected chi connectivity index (χ4v) is 2.47. The monoisotopic (exact) mass is 304 g/mol. The average molecular weight is 305 g/mol. The number of hydrogen-bond acceptors (Lipinski definition) is 3. The van der Waals surface area contributed by atoms with Crippen molar-refractivity contribution in [1.29, 1.82) is 0 Å². The molecule has 0 saturated heterocycles. The molecule has 1 aromatic carbocycles. The van der Waals surface area contributed by atoms with Gasteiger partial charge in [0.25, 0.3) is 0 Å². The number of benzene rings is 1. The van der Waals surface area contributed by atoms with E-state index in [1.54, 1.807) is 12.4 Å². The molecule has 3 nitrogen and oxygen atoms in total. The van der Waals surface area contributed by atoms with E-state index in [1.165, 1.54) is 5.56 Å². The molecular weight excluding hydrogens is 284 g/mol. The molecule has 0 radical (unpaired) electrons. The van der Waals surface area contributed by atoms with Gasteiger partial charge in [-0.05, 0) is 49.2 Å². The van der Waals surface area contributed by atoms with Gasteiger partial charge in [-0.2, -0.15) is 0 Å². The van der Waals surface area contributed by atoms with Crippen LogP contribution in [0.3, 0.4) is 0 Å². The van der Waals surface area contributed by atoms with E-state index >= 15 is 0 Å². The molecule has 1 atom stereocenters. The molecule has 1 aromatic heterocycles. The van der Waals surface area contributed by atoms with Crippen molar-refractivity contribution >= 4 is 11.6 Å². The van der Waals surface area contributed by atoms with Gasteiger partial charge in [0, 0.05) is 12.4 Å². The van der Waals surface area contributed by atoms with E-state index in [-0.39, 0.29) is 6.04 Å². The molecule has 112 valence electrons. The highest BCUT2D eigenvalue weighted by Gasteiger charge is 2.16. The number of nitrogens with zero attached hydrogens (tertiary/aromatic N) is 1. The third-order valence-electron chi connectivity index (χ3n) is 3.24. The molecule has 1 unspecified atom stereocenters. The third-order valence-corrected chi connectivity index (χ3v) is 3.55. The second-order valence-electron chi connectivity index (χ2n) is 4.79. The van der Waals surface area contributed by atoms with Crippen LogP contribution in [0.15, 0.2) is 42.7 Å². The summed E-state index contributed by atoms with van der Waals surface area (Å²) in [6.45, 7) is 5.73. The summed E-state index contributed by atoms with van der Waals surface area (Å²) in [7, 11) is 0. The van der Waals surface area contributed by atoms with Crippen molar-refractivity contribution in [3.8, 4) is 5.75 Å². The SMILES string of the molecule is CCCNC(c1ccc(OCC)cc1)c1ccncc1Cl. The Labute approximate surface area is 131 Å². The van der Waals surface area contributed by atoms with E-state index in [2.05, 4.69) is 29.4 Å². The van der Waals surface area contributed by atoms with Gasteiger partial charge < -0.3 is 10.1 Å². The smallest absolute Gasteiger partial charge is 0.119 e. The number of rotatable bonds is 7. The number of halogens is 1. The van der Waals surface area contributed by atoms with Crippen molar-refractivity contribution in [3.63, 3.8) is 0 Å².